The molecule has 0 saturated carbocycles. The molecule has 1 aromatic rings. The molecule has 0 radical (unpaired) electrons. The third kappa shape index (κ3) is 4.00. The van der Waals surface area contributed by atoms with Gasteiger partial charge in [-0.25, -0.2) is 0 Å². The maximum absolute atomic E-state index is 4.47. The van der Waals surface area contributed by atoms with Gasteiger partial charge < -0.3 is 5.32 Å². The van der Waals surface area contributed by atoms with E-state index in [1.165, 1.54) is 16.8 Å². The Morgan fingerprint density at radius 2 is 2.18 bits per heavy atom. The van der Waals surface area contributed by atoms with Crippen LogP contribution in [0, 0.1) is 5.92 Å². The number of rotatable bonds is 6. The van der Waals surface area contributed by atoms with Gasteiger partial charge in [-0.15, -0.1) is 0 Å². The number of likely N-dealkylation sites (N-methyl/N-ethyl adjacent to an activating group) is 1. The largest absolute Gasteiger partial charge is 0.313 e. The normalized spacial score (nSPS) is 12.5. The molecule has 0 atom stereocenters. The number of hydrogen-bond donors (Lipinski definition) is 1. The van der Waals surface area contributed by atoms with Gasteiger partial charge >= 0.3 is 0 Å². The van der Waals surface area contributed by atoms with Crippen molar-refractivity contribution in [3.63, 3.8) is 0 Å². The van der Waals surface area contributed by atoms with E-state index in [-0.39, 0.29) is 0 Å². The highest BCUT2D eigenvalue weighted by atomic mass is 15.2. The summed E-state index contributed by atoms with van der Waals surface area (Å²) in [6.45, 7) is 10.7. The van der Waals surface area contributed by atoms with Gasteiger partial charge in [0.15, 0.2) is 0 Å². The van der Waals surface area contributed by atoms with Crippen LogP contribution in [0.1, 0.15) is 39.0 Å². The quantitative estimate of drug-likeness (QED) is 0.821. The van der Waals surface area contributed by atoms with Gasteiger partial charge in [0.05, 0.1) is 5.69 Å². The average Bonchev–Trinajstić information content (AvgIpc) is 2.64. The molecule has 0 saturated heterocycles. The number of hydrogen-bond acceptors (Lipinski definition) is 2. The second-order valence-electron chi connectivity index (χ2n) is 4.71. The van der Waals surface area contributed by atoms with Crippen molar-refractivity contribution in [2.45, 2.75) is 34.1 Å². The number of nitrogens with zero attached hydrogens (tertiary/aromatic N) is 2. The summed E-state index contributed by atoms with van der Waals surface area (Å²) in [6.07, 6.45) is 5.38. The van der Waals surface area contributed by atoms with Gasteiger partial charge in [-0.1, -0.05) is 39.3 Å². The molecule has 1 heterocycles. The first-order valence-corrected chi connectivity index (χ1v) is 6.52. The summed E-state index contributed by atoms with van der Waals surface area (Å²) in [5, 5.41) is 7.87. The fourth-order valence-corrected chi connectivity index (χ4v) is 1.84. The van der Waals surface area contributed by atoms with Crippen LogP contribution in [0.25, 0.3) is 6.08 Å². The van der Waals surface area contributed by atoms with Crippen molar-refractivity contribution >= 4 is 6.08 Å². The highest BCUT2D eigenvalue weighted by molar-refractivity contribution is 5.55. The van der Waals surface area contributed by atoms with Gasteiger partial charge in [-0.3, -0.25) is 4.68 Å². The van der Waals surface area contributed by atoms with Crippen LogP contribution >= 0.6 is 0 Å². The molecule has 3 nitrogen and oxygen atoms in total. The van der Waals surface area contributed by atoms with Crippen molar-refractivity contribution in [1.29, 1.82) is 0 Å². The highest BCUT2D eigenvalue weighted by Gasteiger charge is 2.07. The maximum Gasteiger partial charge on any atom is 0.0694 e. The summed E-state index contributed by atoms with van der Waals surface area (Å²) in [5.41, 5.74) is 3.88. The van der Waals surface area contributed by atoms with Crippen LogP contribution in [-0.2, 0) is 13.5 Å². The Kier molecular flexibility index (Phi) is 5.42. The first-order chi connectivity index (χ1) is 8.08. The lowest BCUT2D eigenvalue weighted by Crippen LogP contribution is -2.18. The van der Waals surface area contributed by atoms with Gasteiger partial charge in [0.25, 0.3) is 0 Å². The van der Waals surface area contributed by atoms with Crippen molar-refractivity contribution in [3.05, 3.63) is 23.0 Å². The third-order valence-corrected chi connectivity index (χ3v) is 2.93. The van der Waals surface area contributed by atoms with E-state index in [1.54, 1.807) is 0 Å². The lowest BCUT2D eigenvalue weighted by Gasteiger charge is -2.11. The topological polar surface area (TPSA) is 29.9 Å². The highest BCUT2D eigenvalue weighted by Crippen LogP contribution is 2.17. The fourth-order valence-electron chi connectivity index (χ4n) is 1.84. The van der Waals surface area contributed by atoms with Gasteiger partial charge in [-0.2, -0.15) is 5.10 Å². The van der Waals surface area contributed by atoms with Crippen LogP contribution in [0.2, 0.25) is 0 Å². The Bertz CT molecular complexity index is 375. The lowest BCUT2D eigenvalue weighted by atomic mass is 10.00. The zero-order valence-electron chi connectivity index (χ0n) is 11.7. The van der Waals surface area contributed by atoms with E-state index in [0.717, 1.165) is 19.5 Å². The second-order valence-corrected chi connectivity index (χ2v) is 4.71. The maximum atomic E-state index is 4.47. The van der Waals surface area contributed by atoms with E-state index in [0.29, 0.717) is 5.92 Å². The molecule has 0 fully saturated rings. The van der Waals surface area contributed by atoms with Gasteiger partial charge in [0, 0.05) is 25.4 Å². The van der Waals surface area contributed by atoms with E-state index in [4.69, 9.17) is 0 Å². The van der Waals surface area contributed by atoms with E-state index < -0.39 is 0 Å². The van der Waals surface area contributed by atoms with Crippen LogP contribution in [-0.4, -0.2) is 22.9 Å². The molecule has 0 amide bonds. The molecule has 0 aliphatic heterocycles. The summed E-state index contributed by atoms with van der Waals surface area (Å²) in [4.78, 5) is 0. The summed E-state index contributed by atoms with van der Waals surface area (Å²) in [5.74, 6) is 0.568. The summed E-state index contributed by atoms with van der Waals surface area (Å²) in [7, 11) is 1.98. The predicted octanol–water partition coefficient (Wildman–Crippen LogP) is 2.63. The van der Waals surface area contributed by atoms with Crippen molar-refractivity contribution in [2.24, 2.45) is 13.0 Å². The minimum atomic E-state index is 0.568. The molecule has 0 aliphatic rings. The SMILES string of the molecule is CCNCC(=Cc1cn(C)nc1CC)C(C)C. The van der Waals surface area contributed by atoms with Crippen molar-refractivity contribution < 1.29 is 0 Å². The van der Waals surface area contributed by atoms with E-state index in [1.807, 2.05) is 11.7 Å². The molecule has 0 unspecified atom stereocenters. The molecule has 1 N–H and O–H groups in total. The summed E-state index contributed by atoms with van der Waals surface area (Å²) < 4.78 is 1.90. The van der Waals surface area contributed by atoms with E-state index in [2.05, 4.69) is 50.4 Å². The predicted molar refractivity (Wildman–Crippen MR) is 73.9 cm³/mol. The van der Waals surface area contributed by atoms with Gasteiger partial charge in [0.2, 0.25) is 0 Å². The monoisotopic (exact) mass is 235 g/mol. The first kappa shape index (κ1) is 14.0. The molecule has 0 aromatic carbocycles. The molecule has 0 aliphatic carbocycles. The van der Waals surface area contributed by atoms with Crippen molar-refractivity contribution in [3.8, 4) is 0 Å². The zero-order valence-corrected chi connectivity index (χ0v) is 11.7. The minimum Gasteiger partial charge on any atom is -0.313 e. The molecule has 3 heteroatoms. The van der Waals surface area contributed by atoms with Crippen LogP contribution in [0.15, 0.2) is 11.8 Å². The van der Waals surface area contributed by atoms with Crippen molar-refractivity contribution in [1.82, 2.24) is 15.1 Å². The molecular formula is C14H25N3. The summed E-state index contributed by atoms with van der Waals surface area (Å²) in [6, 6.07) is 0. The smallest absolute Gasteiger partial charge is 0.0694 e. The number of aryl methyl sites for hydroxylation is 2. The Morgan fingerprint density at radius 1 is 1.47 bits per heavy atom. The Hall–Kier alpha value is -1.09. The molecule has 1 aromatic heterocycles. The van der Waals surface area contributed by atoms with Gasteiger partial charge in [-0.05, 0) is 18.9 Å². The second kappa shape index (κ2) is 6.60. The molecule has 17 heavy (non-hydrogen) atoms. The molecule has 0 bridgehead atoms. The molecular weight excluding hydrogens is 210 g/mol. The van der Waals surface area contributed by atoms with Gasteiger partial charge in [0.1, 0.15) is 0 Å². The molecule has 0 spiro atoms. The standard InChI is InChI=1S/C14H25N3/c1-6-14-13(10-17(5)16-14)8-12(11(3)4)9-15-7-2/h8,10-11,15H,6-7,9H2,1-5H3. The zero-order chi connectivity index (χ0) is 12.8. The Balaban J connectivity index is 2.94. The summed E-state index contributed by atoms with van der Waals surface area (Å²) >= 11 is 0. The Morgan fingerprint density at radius 3 is 2.71 bits per heavy atom. The van der Waals surface area contributed by atoms with E-state index >= 15 is 0 Å². The Labute approximate surface area is 105 Å². The van der Waals surface area contributed by atoms with Crippen LogP contribution in [0.4, 0.5) is 0 Å². The molecule has 96 valence electrons. The van der Waals surface area contributed by atoms with Crippen LogP contribution in [0.3, 0.4) is 0 Å². The average molecular weight is 235 g/mol. The lowest BCUT2D eigenvalue weighted by molar-refractivity contribution is 0.682. The van der Waals surface area contributed by atoms with Crippen molar-refractivity contribution in [2.75, 3.05) is 13.1 Å². The number of nitrogens with one attached hydrogen (secondary N) is 1. The fraction of sp³-hybridized carbons (Fsp3) is 0.643. The first-order valence-electron chi connectivity index (χ1n) is 6.52. The number of aromatic nitrogens is 2. The van der Waals surface area contributed by atoms with Crippen LogP contribution in [0.5, 0.6) is 0 Å². The van der Waals surface area contributed by atoms with E-state index in [9.17, 15) is 0 Å². The molecule has 1 rings (SSSR count). The van der Waals surface area contributed by atoms with Crippen LogP contribution < -0.4 is 5.32 Å². The third-order valence-electron chi connectivity index (χ3n) is 2.93. The minimum absolute atomic E-state index is 0.568.